The fraction of sp³-hybridized carbons (Fsp3) is 0.333. The molecule has 0 atom stereocenters. The summed E-state index contributed by atoms with van der Waals surface area (Å²) in [6.45, 7) is 5.14. The minimum atomic E-state index is -0.887. The highest BCUT2D eigenvalue weighted by atomic mass is 32.1. The van der Waals surface area contributed by atoms with Crippen molar-refractivity contribution < 1.29 is 9.90 Å². The molecule has 0 saturated carbocycles. The first kappa shape index (κ1) is 11.9. The quantitative estimate of drug-likeness (QED) is 0.907. The highest BCUT2D eigenvalue weighted by Crippen LogP contribution is 2.26. The minimum absolute atomic E-state index is 0.335. The van der Waals surface area contributed by atoms with Crippen LogP contribution in [0.15, 0.2) is 23.8 Å². The van der Waals surface area contributed by atoms with E-state index in [2.05, 4.69) is 18.9 Å². The number of rotatable bonds is 4. The van der Waals surface area contributed by atoms with Crippen LogP contribution < -0.4 is 0 Å². The highest BCUT2D eigenvalue weighted by Gasteiger charge is 2.09. The second kappa shape index (κ2) is 4.71. The van der Waals surface area contributed by atoms with Crippen molar-refractivity contribution >= 4 is 17.3 Å². The highest BCUT2D eigenvalue weighted by molar-refractivity contribution is 7.13. The maximum Gasteiger partial charge on any atom is 0.336 e. The molecular weight excluding hydrogens is 236 g/mol. The predicted octanol–water partition coefficient (Wildman–Crippen LogP) is 2.97. The van der Waals surface area contributed by atoms with Gasteiger partial charge >= 0.3 is 5.97 Å². The summed E-state index contributed by atoms with van der Waals surface area (Å²) in [4.78, 5) is 11.7. The molecule has 0 bridgehead atoms. The molecular formula is C12H14N2O2S. The molecule has 2 rings (SSSR count). The maximum absolute atomic E-state index is 10.8. The number of hydrogen-bond donors (Lipinski definition) is 1. The monoisotopic (exact) mass is 250 g/mol. The number of carboxylic acid groups (broad SMARTS) is 1. The second-order valence-corrected chi connectivity index (χ2v) is 5.26. The van der Waals surface area contributed by atoms with Gasteiger partial charge in [0.1, 0.15) is 0 Å². The molecule has 0 unspecified atom stereocenters. The summed E-state index contributed by atoms with van der Waals surface area (Å²) in [6, 6.07) is 1.68. The van der Waals surface area contributed by atoms with Crippen LogP contribution in [0.1, 0.15) is 24.2 Å². The van der Waals surface area contributed by atoms with Gasteiger partial charge in [0.2, 0.25) is 0 Å². The number of aromatic nitrogens is 2. The Morgan fingerprint density at radius 2 is 2.35 bits per heavy atom. The first-order chi connectivity index (χ1) is 8.06. The Kier molecular flexibility index (Phi) is 3.28. The van der Waals surface area contributed by atoms with E-state index in [-0.39, 0.29) is 0 Å². The van der Waals surface area contributed by atoms with Gasteiger partial charge in [-0.15, -0.1) is 11.3 Å². The van der Waals surface area contributed by atoms with E-state index < -0.39 is 5.97 Å². The van der Waals surface area contributed by atoms with Crippen LogP contribution in [0.2, 0.25) is 0 Å². The Balaban J connectivity index is 2.21. The van der Waals surface area contributed by atoms with Crippen LogP contribution in [-0.4, -0.2) is 20.9 Å². The smallest absolute Gasteiger partial charge is 0.336 e. The molecule has 90 valence electrons. The van der Waals surface area contributed by atoms with Gasteiger partial charge in [0.05, 0.1) is 11.8 Å². The summed E-state index contributed by atoms with van der Waals surface area (Å²) in [7, 11) is 0. The standard InChI is InChI=1S/C12H14N2O2S/c1-8(2)5-14-6-10(4-13-14)11-3-9(7-17-11)12(15)16/h3-4,6-8H,5H2,1-2H3,(H,15,16). The van der Waals surface area contributed by atoms with Gasteiger partial charge < -0.3 is 5.11 Å². The van der Waals surface area contributed by atoms with E-state index in [0.717, 1.165) is 17.0 Å². The molecule has 0 saturated heterocycles. The molecule has 2 heterocycles. The third kappa shape index (κ3) is 2.74. The Morgan fingerprint density at radius 1 is 1.59 bits per heavy atom. The van der Waals surface area contributed by atoms with Crippen molar-refractivity contribution in [1.82, 2.24) is 9.78 Å². The molecule has 0 amide bonds. The van der Waals surface area contributed by atoms with E-state index in [9.17, 15) is 4.79 Å². The zero-order chi connectivity index (χ0) is 12.4. The van der Waals surface area contributed by atoms with Gasteiger partial charge in [-0.25, -0.2) is 4.79 Å². The van der Waals surface area contributed by atoms with Crippen LogP contribution in [0.4, 0.5) is 0 Å². The summed E-state index contributed by atoms with van der Waals surface area (Å²) < 4.78 is 1.89. The van der Waals surface area contributed by atoms with Crippen molar-refractivity contribution in [3.05, 3.63) is 29.4 Å². The summed E-state index contributed by atoms with van der Waals surface area (Å²) in [5, 5.41) is 14.8. The van der Waals surface area contributed by atoms with Crippen molar-refractivity contribution in [3.8, 4) is 10.4 Å². The van der Waals surface area contributed by atoms with E-state index in [0.29, 0.717) is 11.5 Å². The number of hydrogen-bond acceptors (Lipinski definition) is 3. The average Bonchev–Trinajstić information content (AvgIpc) is 2.83. The number of thiophene rings is 1. The third-order valence-electron chi connectivity index (χ3n) is 2.32. The summed E-state index contributed by atoms with van der Waals surface area (Å²) in [6.07, 6.45) is 3.73. The number of carbonyl (C=O) groups is 1. The lowest BCUT2D eigenvalue weighted by atomic mass is 10.2. The van der Waals surface area contributed by atoms with E-state index in [1.807, 2.05) is 10.9 Å². The second-order valence-electron chi connectivity index (χ2n) is 4.35. The Morgan fingerprint density at radius 3 is 2.94 bits per heavy atom. The van der Waals surface area contributed by atoms with Crippen LogP contribution in [0.3, 0.4) is 0 Å². The zero-order valence-corrected chi connectivity index (χ0v) is 10.6. The summed E-state index contributed by atoms with van der Waals surface area (Å²) in [5.41, 5.74) is 1.31. The van der Waals surface area contributed by atoms with Crippen molar-refractivity contribution in [2.24, 2.45) is 5.92 Å². The Hall–Kier alpha value is -1.62. The van der Waals surface area contributed by atoms with Crippen molar-refractivity contribution in [1.29, 1.82) is 0 Å². The molecule has 17 heavy (non-hydrogen) atoms. The molecule has 1 N–H and O–H groups in total. The SMILES string of the molecule is CC(C)Cn1cc(-c2cc(C(=O)O)cs2)cn1. The molecule has 5 heteroatoms. The van der Waals surface area contributed by atoms with Crippen molar-refractivity contribution in [2.45, 2.75) is 20.4 Å². The Labute approximate surface area is 104 Å². The maximum atomic E-state index is 10.8. The molecule has 0 aliphatic heterocycles. The van der Waals surface area contributed by atoms with Crippen LogP contribution in [-0.2, 0) is 6.54 Å². The van der Waals surface area contributed by atoms with E-state index in [4.69, 9.17) is 5.11 Å². The van der Waals surface area contributed by atoms with Crippen molar-refractivity contribution in [2.75, 3.05) is 0 Å². The molecule has 2 aromatic heterocycles. The van der Waals surface area contributed by atoms with Gasteiger partial charge in [0.25, 0.3) is 0 Å². The normalized spacial score (nSPS) is 11.0. The molecule has 2 aromatic rings. The largest absolute Gasteiger partial charge is 0.478 e. The van der Waals surface area contributed by atoms with Crippen LogP contribution in [0.5, 0.6) is 0 Å². The third-order valence-corrected chi connectivity index (χ3v) is 3.30. The molecule has 0 spiro atoms. The number of nitrogens with zero attached hydrogens (tertiary/aromatic N) is 2. The molecule has 0 fully saturated rings. The first-order valence-corrected chi connectivity index (χ1v) is 6.29. The zero-order valence-electron chi connectivity index (χ0n) is 9.75. The van der Waals surface area contributed by atoms with Crippen LogP contribution in [0.25, 0.3) is 10.4 Å². The molecule has 0 aliphatic rings. The first-order valence-electron chi connectivity index (χ1n) is 5.41. The lowest BCUT2D eigenvalue weighted by Gasteiger charge is -2.03. The summed E-state index contributed by atoms with van der Waals surface area (Å²) >= 11 is 1.43. The van der Waals surface area contributed by atoms with E-state index in [1.54, 1.807) is 17.6 Å². The van der Waals surface area contributed by atoms with Crippen molar-refractivity contribution in [3.63, 3.8) is 0 Å². The fourth-order valence-electron chi connectivity index (χ4n) is 1.56. The van der Waals surface area contributed by atoms with Gasteiger partial charge in [0, 0.05) is 28.6 Å². The van der Waals surface area contributed by atoms with Gasteiger partial charge in [-0.05, 0) is 12.0 Å². The van der Waals surface area contributed by atoms with Crippen LogP contribution in [0, 0.1) is 5.92 Å². The van der Waals surface area contributed by atoms with Gasteiger partial charge in [0.15, 0.2) is 0 Å². The summed E-state index contributed by atoms with van der Waals surface area (Å²) in [5.74, 6) is -0.345. The molecule has 0 radical (unpaired) electrons. The van der Waals surface area contributed by atoms with E-state index in [1.165, 1.54) is 11.3 Å². The van der Waals surface area contributed by atoms with Gasteiger partial charge in [-0.2, -0.15) is 5.10 Å². The minimum Gasteiger partial charge on any atom is -0.478 e. The Bertz CT molecular complexity index is 528. The topological polar surface area (TPSA) is 55.1 Å². The lowest BCUT2D eigenvalue weighted by Crippen LogP contribution is -2.03. The fourth-order valence-corrected chi connectivity index (χ4v) is 2.42. The predicted molar refractivity (Wildman–Crippen MR) is 67.3 cm³/mol. The number of carboxylic acids is 1. The molecule has 0 aromatic carbocycles. The van der Waals surface area contributed by atoms with Gasteiger partial charge in [-0.1, -0.05) is 13.8 Å². The molecule has 4 nitrogen and oxygen atoms in total. The number of aromatic carboxylic acids is 1. The lowest BCUT2D eigenvalue weighted by molar-refractivity contribution is 0.0697. The van der Waals surface area contributed by atoms with Gasteiger partial charge in [-0.3, -0.25) is 4.68 Å². The molecule has 0 aliphatic carbocycles. The average molecular weight is 250 g/mol. The van der Waals surface area contributed by atoms with Crippen LogP contribution >= 0.6 is 11.3 Å². The van der Waals surface area contributed by atoms with E-state index >= 15 is 0 Å².